The van der Waals surface area contributed by atoms with Gasteiger partial charge in [-0.05, 0) is 50.1 Å². The summed E-state index contributed by atoms with van der Waals surface area (Å²) in [6, 6.07) is 16.2. The number of nitrogens with one attached hydrogen (secondary N) is 1. The normalized spacial score (nSPS) is 14.5. The molecule has 0 atom stereocenters. The fourth-order valence-corrected chi connectivity index (χ4v) is 3.57. The highest BCUT2D eigenvalue weighted by Crippen LogP contribution is 2.25. The molecule has 0 spiro atoms. The first kappa shape index (κ1) is 20.8. The molecule has 1 N–H and O–H groups in total. The van der Waals surface area contributed by atoms with Crippen LogP contribution < -0.4 is 15.0 Å². The Morgan fingerprint density at radius 1 is 1.07 bits per heavy atom. The number of amides is 2. The van der Waals surface area contributed by atoms with Gasteiger partial charge in [0.25, 0.3) is 0 Å². The molecule has 29 heavy (non-hydrogen) atoms. The number of anilines is 1. The van der Waals surface area contributed by atoms with Crippen LogP contribution in [0.5, 0.6) is 5.75 Å². The van der Waals surface area contributed by atoms with Gasteiger partial charge in [0.05, 0.1) is 12.6 Å². The summed E-state index contributed by atoms with van der Waals surface area (Å²) in [6.07, 6.45) is 0. The molecule has 1 aliphatic rings. The summed E-state index contributed by atoms with van der Waals surface area (Å²) in [6.45, 7) is 13.1. The molecule has 0 aromatic heterocycles. The molecule has 5 nitrogen and oxygen atoms in total. The third kappa shape index (κ3) is 4.91. The first-order valence-electron chi connectivity index (χ1n) is 10.0. The first-order valence-corrected chi connectivity index (χ1v) is 10.0. The molecule has 1 aliphatic heterocycles. The van der Waals surface area contributed by atoms with Gasteiger partial charge in [0.2, 0.25) is 0 Å². The van der Waals surface area contributed by atoms with E-state index in [0.717, 1.165) is 41.2 Å². The van der Waals surface area contributed by atoms with Crippen molar-refractivity contribution in [2.75, 3.05) is 38.2 Å². The van der Waals surface area contributed by atoms with Crippen LogP contribution in [0.25, 0.3) is 5.57 Å². The third-order valence-electron chi connectivity index (χ3n) is 5.48. The van der Waals surface area contributed by atoms with Crippen molar-refractivity contribution in [1.82, 2.24) is 10.2 Å². The fourth-order valence-electron chi connectivity index (χ4n) is 3.57. The van der Waals surface area contributed by atoms with E-state index in [2.05, 4.69) is 28.9 Å². The van der Waals surface area contributed by atoms with Crippen LogP contribution in [0.4, 0.5) is 10.5 Å². The molecule has 0 radical (unpaired) electrons. The van der Waals surface area contributed by atoms with Gasteiger partial charge in [-0.15, -0.1) is 0 Å². The highest BCUT2D eigenvalue weighted by Gasteiger charge is 2.28. The van der Waals surface area contributed by atoms with Crippen LogP contribution in [-0.2, 0) is 5.54 Å². The number of piperazine rings is 1. The Morgan fingerprint density at radius 3 is 2.41 bits per heavy atom. The lowest BCUT2D eigenvalue weighted by Crippen LogP contribution is -2.55. The molecule has 1 saturated heterocycles. The van der Waals surface area contributed by atoms with Gasteiger partial charge in [-0.3, -0.25) is 0 Å². The minimum Gasteiger partial charge on any atom is -0.497 e. The smallest absolute Gasteiger partial charge is 0.318 e. The Hall–Kier alpha value is -2.95. The van der Waals surface area contributed by atoms with E-state index in [4.69, 9.17) is 4.74 Å². The summed E-state index contributed by atoms with van der Waals surface area (Å²) in [5, 5.41) is 3.20. The molecule has 0 aliphatic carbocycles. The minimum atomic E-state index is -0.466. The quantitative estimate of drug-likeness (QED) is 0.814. The SMILES string of the molecule is C=C(C)c1cccc(C(C)(C)NC(=O)N2CCN(c3cccc(OC)c3)CC2)c1. The number of methoxy groups -OCH3 is 1. The number of hydrogen-bond donors (Lipinski definition) is 1. The second kappa shape index (κ2) is 8.60. The van der Waals surface area contributed by atoms with E-state index in [1.165, 1.54) is 0 Å². The lowest BCUT2D eigenvalue weighted by Gasteiger charge is -2.38. The molecule has 2 aromatic carbocycles. The fraction of sp³-hybridized carbons (Fsp3) is 0.375. The second-order valence-electron chi connectivity index (χ2n) is 8.09. The van der Waals surface area contributed by atoms with Crippen LogP contribution in [0.2, 0.25) is 0 Å². The lowest BCUT2D eigenvalue weighted by molar-refractivity contribution is 0.183. The van der Waals surface area contributed by atoms with E-state index in [1.54, 1.807) is 7.11 Å². The van der Waals surface area contributed by atoms with Gasteiger partial charge in [0.15, 0.2) is 0 Å². The summed E-state index contributed by atoms with van der Waals surface area (Å²) in [4.78, 5) is 17.1. The van der Waals surface area contributed by atoms with Crippen LogP contribution >= 0.6 is 0 Å². The predicted molar refractivity (Wildman–Crippen MR) is 119 cm³/mol. The van der Waals surface area contributed by atoms with E-state index >= 15 is 0 Å². The van der Waals surface area contributed by atoms with Crippen LogP contribution in [0, 0.1) is 0 Å². The number of allylic oxidation sites excluding steroid dienone is 1. The van der Waals surface area contributed by atoms with Crippen LogP contribution in [-0.4, -0.2) is 44.2 Å². The molecule has 5 heteroatoms. The molecular formula is C24H31N3O2. The maximum atomic E-state index is 12.9. The third-order valence-corrected chi connectivity index (χ3v) is 5.48. The molecule has 1 fully saturated rings. The molecule has 0 unspecified atom stereocenters. The summed E-state index contributed by atoms with van der Waals surface area (Å²) < 4.78 is 5.32. The summed E-state index contributed by atoms with van der Waals surface area (Å²) in [5.41, 5.74) is 3.84. The highest BCUT2D eigenvalue weighted by atomic mass is 16.5. The zero-order valence-corrected chi connectivity index (χ0v) is 17.9. The van der Waals surface area contributed by atoms with Crippen molar-refractivity contribution < 1.29 is 9.53 Å². The lowest BCUT2D eigenvalue weighted by atomic mass is 9.92. The van der Waals surface area contributed by atoms with Gasteiger partial charge in [0.1, 0.15) is 5.75 Å². The van der Waals surface area contributed by atoms with Gasteiger partial charge in [-0.25, -0.2) is 4.79 Å². The monoisotopic (exact) mass is 393 g/mol. The summed E-state index contributed by atoms with van der Waals surface area (Å²) in [7, 11) is 1.68. The molecule has 154 valence electrons. The number of carbonyl (C=O) groups is 1. The average molecular weight is 394 g/mol. The topological polar surface area (TPSA) is 44.8 Å². The maximum absolute atomic E-state index is 12.9. The number of ether oxygens (including phenoxy) is 1. The van der Waals surface area contributed by atoms with Crippen LogP contribution in [0.1, 0.15) is 31.9 Å². The van der Waals surface area contributed by atoms with Crippen molar-refractivity contribution >= 4 is 17.3 Å². The Kier molecular flexibility index (Phi) is 6.16. The van der Waals surface area contributed by atoms with Crippen molar-refractivity contribution in [2.24, 2.45) is 0 Å². The van der Waals surface area contributed by atoms with E-state index in [-0.39, 0.29) is 6.03 Å². The van der Waals surface area contributed by atoms with Crippen LogP contribution in [0.3, 0.4) is 0 Å². The van der Waals surface area contributed by atoms with Gasteiger partial charge in [-0.2, -0.15) is 0 Å². The predicted octanol–water partition coefficient (Wildman–Crippen LogP) is 4.50. The Balaban J connectivity index is 1.61. The maximum Gasteiger partial charge on any atom is 0.318 e. The van der Waals surface area contributed by atoms with E-state index < -0.39 is 5.54 Å². The second-order valence-corrected chi connectivity index (χ2v) is 8.09. The number of rotatable bonds is 5. The van der Waals surface area contributed by atoms with Crippen molar-refractivity contribution in [2.45, 2.75) is 26.3 Å². The first-order chi connectivity index (χ1) is 13.8. The van der Waals surface area contributed by atoms with Crippen molar-refractivity contribution in [3.05, 3.63) is 66.2 Å². The van der Waals surface area contributed by atoms with Gasteiger partial charge in [-0.1, -0.05) is 36.4 Å². The van der Waals surface area contributed by atoms with Crippen LogP contribution in [0.15, 0.2) is 55.1 Å². The molecule has 0 saturated carbocycles. The molecular weight excluding hydrogens is 362 g/mol. The van der Waals surface area contributed by atoms with Gasteiger partial charge in [0, 0.05) is 37.9 Å². The van der Waals surface area contributed by atoms with Gasteiger partial charge < -0.3 is 19.9 Å². The number of carbonyl (C=O) groups excluding carboxylic acids is 1. The number of benzene rings is 2. The van der Waals surface area contributed by atoms with Crippen molar-refractivity contribution in [1.29, 1.82) is 0 Å². The Labute approximate surface area is 174 Å². The highest BCUT2D eigenvalue weighted by molar-refractivity contribution is 5.76. The van der Waals surface area contributed by atoms with E-state index in [9.17, 15) is 4.79 Å². The number of nitrogens with zero attached hydrogens (tertiary/aromatic N) is 2. The van der Waals surface area contributed by atoms with E-state index in [0.29, 0.717) is 13.1 Å². The standard InChI is InChI=1S/C24H31N3O2/c1-18(2)19-8-6-9-20(16-19)24(3,4)25-23(28)27-14-12-26(13-15-27)21-10-7-11-22(17-21)29-5/h6-11,16-17H,1,12-15H2,2-5H3,(H,25,28). The molecule has 1 heterocycles. The molecule has 2 amide bonds. The zero-order valence-electron chi connectivity index (χ0n) is 17.9. The zero-order chi connectivity index (χ0) is 21.0. The van der Waals surface area contributed by atoms with Crippen molar-refractivity contribution in [3.63, 3.8) is 0 Å². The Bertz CT molecular complexity index is 883. The Morgan fingerprint density at radius 2 is 1.76 bits per heavy atom. The molecule has 3 rings (SSSR count). The summed E-state index contributed by atoms with van der Waals surface area (Å²) in [5.74, 6) is 0.849. The largest absolute Gasteiger partial charge is 0.497 e. The number of urea groups is 1. The minimum absolute atomic E-state index is 0.0268. The molecule has 2 aromatic rings. The molecule has 0 bridgehead atoms. The van der Waals surface area contributed by atoms with Crippen molar-refractivity contribution in [3.8, 4) is 5.75 Å². The average Bonchev–Trinajstić information content (AvgIpc) is 2.73. The van der Waals surface area contributed by atoms with E-state index in [1.807, 2.05) is 62.1 Å². The summed E-state index contributed by atoms with van der Waals surface area (Å²) >= 11 is 0. The number of hydrogen-bond acceptors (Lipinski definition) is 3. The van der Waals surface area contributed by atoms with Gasteiger partial charge >= 0.3 is 6.03 Å².